The molecule has 0 saturated heterocycles. The number of carbonyl (C=O) groups excluding carboxylic acids is 1. The summed E-state index contributed by atoms with van der Waals surface area (Å²) in [7, 11) is 0. The minimum atomic E-state index is -1.16. The third-order valence-electron chi connectivity index (χ3n) is 4.39. The van der Waals surface area contributed by atoms with Crippen molar-refractivity contribution in [3.8, 4) is 0 Å². The highest BCUT2D eigenvalue weighted by atomic mass is 32.1. The molecule has 0 aliphatic heterocycles. The van der Waals surface area contributed by atoms with E-state index in [4.69, 9.17) is 0 Å². The molecule has 2 heterocycles. The van der Waals surface area contributed by atoms with Crippen molar-refractivity contribution in [3.05, 3.63) is 27.1 Å². The van der Waals surface area contributed by atoms with Crippen LogP contribution in [0.5, 0.6) is 0 Å². The number of hydrogen-bond acceptors (Lipinski definition) is 5. The summed E-state index contributed by atoms with van der Waals surface area (Å²) in [4.78, 5) is 40.8. The molecule has 1 aliphatic carbocycles. The molecule has 0 aromatic carbocycles. The first-order valence-corrected chi connectivity index (χ1v) is 8.86. The van der Waals surface area contributed by atoms with Gasteiger partial charge in [-0.3, -0.25) is 14.2 Å². The summed E-state index contributed by atoms with van der Waals surface area (Å²) < 4.78 is 1.25. The normalized spacial score (nSPS) is 15.5. The molecule has 1 amide bonds. The predicted molar refractivity (Wildman–Crippen MR) is 90.6 cm³/mol. The van der Waals surface area contributed by atoms with Gasteiger partial charge < -0.3 is 10.4 Å². The number of carboxylic acids is 1. The first-order valence-electron chi connectivity index (χ1n) is 7.98. The maximum atomic E-state index is 12.6. The van der Waals surface area contributed by atoms with E-state index in [-0.39, 0.29) is 29.4 Å². The molecule has 128 valence electrons. The van der Waals surface area contributed by atoms with Gasteiger partial charge in [-0.15, -0.1) is 11.3 Å². The lowest BCUT2D eigenvalue weighted by atomic mass is 9.95. The molecule has 2 aromatic rings. The number of nitrogens with zero attached hydrogens (tertiary/aromatic N) is 2. The van der Waals surface area contributed by atoms with Crippen LogP contribution in [-0.2, 0) is 11.3 Å². The lowest BCUT2D eigenvalue weighted by Crippen LogP contribution is -2.40. The molecule has 2 N–H and O–H groups in total. The number of nitrogens with one attached hydrogen (secondary N) is 1. The molecule has 0 unspecified atom stereocenters. The van der Waals surface area contributed by atoms with E-state index in [1.54, 1.807) is 6.92 Å². The fourth-order valence-corrected chi connectivity index (χ4v) is 4.08. The van der Waals surface area contributed by atoms with Gasteiger partial charge in [0.15, 0.2) is 0 Å². The molecule has 1 aliphatic rings. The number of hydrogen-bond donors (Lipinski definition) is 2. The van der Waals surface area contributed by atoms with Crippen LogP contribution >= 0.6 is 11.3 Å². The van der Waals surface area contributed by atoms with E-state index >= 15 is 0 Å². The van der Waals surface area contributed by atoms with Crippen molar-refractivity contribution >= 4 is 33.4 Å². The van der Waals surface area contributed by atoms with Crippen LogP contribution in [-0.4, -0.2) is 32.6 Å². The quantitative estimate of drug-likeness (QED) is 0.878. The number of carboxylic acid groups (broad SMARTS) is 1. The van der Waals surface area contributed by atoms with Crippen molar-refractivity contribution < 1.29 is 14.7 Å². The second-order valence-electron chi connectivity index (χ2n) is 6.09. The Morgan fingerprint density at radius 3 is 2.75 bits per heavy atom. The Labute approximate surface area is 142 Å². The largest absolute Gasteiger partial charge is 0.478 e. The molecule has 0 spiro atoms. The number of thiophene rings is 1. The van der Waals surface area contributed by atoms with Gasteiger partial charge in [0.1, 0.15) is 17.2 Å². The Balaban J connectivity index is 1.88. The first kappa shape index (κ1) is 16.6. The van der Waals surface area contributed by atoms with E-state index in [1.807, 2.05) is 0 Å². The Hall–Kier alpha value is -2.22. The topological polar surface area (TPSA) is 101 Å². The molecular formula is C16H19N3O4S. The summed E-state index contributed by atoms with van der Waals surface area (Å²) in [5.74, 6) is -0.993. The van der Waals surface area contributed by atoms with Gasteiger partial charge in [-0.2, -0.15) is 0 Å². The van der Waals surface area contributed by atoms with Gasteiger partial charge in [0.25, 0.3) is 5.56 Å². The Bertz CT molecular complexity index is 849. The highest BCUT2D eigenvalue weighted by Gasteiger charge is 2.21. The number of aromatic carboxylic acids is 1. The highest BCUT2D eigenvalue weighted by Crippen LogP contribution is 2.21. The van der Waals surface area contributed by atoms with Gasteiger partial charge in [0.05, 0.1) is 10.9 Å². The fourth-order valence-electron chi connectivity index (χ4n) is 3.13. The average Bonchev–Trinajstić information content (AvgIpc) is 2.96. The lowest BCUT2D eigenvalue weighted by molar-refractivity contribution is -0.122. The number of aryl methyl sites for hydroxylation is 1. The van der Waals surface area contributed by atoms with Gasteiger partial charge in [0, 0.05) is 11.4 Å². The molecule has 1 saturated carbocycles. The maximum absolute atomic E-state index is 12.6. The van der Waals surface area contributed by atoms with E-state index in [2.05, 4.69) is 10.3 Å². The van der Waals surface area contributed by atoms with E-state index in [9.17, 15) is 19.5 Å². The molecule has 2 aromatic heterocycles. The summed E-state index contributed by atoms with van der Waals surface area (Å²) in [6.45, 7) is 1.51. The van der Waals surface area contributed by atoms with E-state index < -0.39 is 11.5 Å². The van der Waals surface area contributed by atoms with Crippen molar-refractivity contribution in [2.75, 3.05) is 0 Å². The number of rotatable bonds is 4. The van der Waals surface area contributed by atoms with Crippen molar-refractivity contribution in [2.24, 2.45) is 0 Å². The molecular weight excluding hydrogens is 330 g/mol. The molecule has 1 fully saturated rings. The molecule has 24 heavy (non-hydrogen) atoms. The zero-order valence-corrected chi connectivity index (χ0v) is 14.2. The standard InChI is InChI=1S/C16H19N3O4S/c1-9-17-14-13(11(8-24-14)16(22)23)15(21)19(9)7-12(20)18-10-5-3-2-4-6-10/h8,10H,2-7H2,1H3,(H,18,20)(H,22,23). The summed E-state index contributed by atoms with van der Waals surface area (Å²) in [6.07, 6.45) is 5.33. The molecule has 0 radical (unpaired) electrons. The van der Waals surface area contributed by atoms with Gasteiger partial charge in [-0.25, -0.2) is 9.78 Å². The molecule has 0 atom stereocenters. The average molecular weight is 349 g/mol. The smallest absolute Gasteiger partial charge is 0.337 e. The van der Waals surface area contributed by atoms with Crippen LogP contribution in [0.3, 0.4) is 0 Å². The SMILES string of the molecule is Cc1nc2scc(C(=O)O)c2c(=O)n1CC(=O)NC1CCCCC1. The van der Waals surface area contributed by atoms with E-state index in [0.717, 1.165) is 37.0 Å². The number of aromatic nitrogens is 2. The predicted octanol–water partition coefficient (Wildman–Crippen LogP) is 1.91. The molecule has 7 nitrogen and oxygen atoms in total. The van der Waals surface area contributed by atoms with E-state index in [0.29, 0.717) is 10.7 Å². The Morgan fingerprint density at radius 2 is 2.08 bits per heavy atom. The third kappa shape index (κ3) is 3.19. The van der Waals surface area contributed by atoms with Crippen molar-refractivity contribution in [1.82, 2.24) is 14.9 Å². The third-order valence-corrected chi connectivity index (χ3v) is 5.26. The summed E-state index contributed by atoms with van der Waals surface area (Å²) in [5.41, 5.74) is -0.538. The van der Waals surface area contributed by atoms with Crippen LogP contribution in [0, 0.1) is 6.92 Å². The zero-order valence-electron chi connectivity index (χ0n) is 13.4. The van der Waals surface area contributed by atoms with Crippen molar-refractivity contribution in [1.29, 1.82) is 0 Å². The van der Waals surface area contributed by atoms with E-state index in [1.165, 1.54) is 16.4 Å². The zero-order chi connectivity index (χ0) is 17.3. The summed E-state index contributed by atoms with van der Waals surface area (Å²) in [5, 5.41) is 13.6. The second-order valence-corrected chi connectivity index (χ2v) is 6.95. The Morgan fingerprint density at radius 1 is 1.38 bits per heavy atom. The van der Waals surface area contributed by atoms with Gasteiger partial charge in [-0.05, 0) is 19.8 Å². The molecule has 8 heteroatoms. The summed E-state index contributed by atoms with van der Waals surface area (Å²) >= 11 is 1.12. The minimum Gasteiger partial charge on any atom is -0.478 e. The number of carbonyl (C=O) groups is 2. The van der Waals surface area contributed by atoms with Crippen molar-refractivity contribution in [2.45, 2.75) is 51.6 Å². The number of fused-ring (bicyclic) bond motifs is 1. The highest BCUT2D eigenvalue weighted by molar-refractivity contribution is 7.17. The Kier molecular flexibility index (Phi) is 4.66. The fraction of sp³-hybridized carbons (Fsp3) is 0.500. The van der Waals surface area contributed by atoms with Gasteiger partial charge in [-0.1, -0.05) is 19.3 Å². The van der Waals surface area contributed by atoms with Gasteiger partial charge in [0.2, 0.25) is 5.91 Å². The van der Waals surface area contributed by atoms with Crippen LogP contribution in [0.2, 0.25) is 0 Å². The van der Waals surface area contributed by atoms with Gasteiger partial charge >= 0.3 is 5.97 Å². The van der Waals surface area contributed by atoms with Crippen LogP contribution < -0.4 is 10.9 Å². The molecule has 0 bridgehead atoms. The second kappa shape index (κ2) is 6.72. The van der Waals surface area contributed by atoms with Crippen LogP contribution in [0.25, 0.3) is 10.2 Å². The van der Waals surface area contributed by atoms with Crippen LogP contribution in [0.1, 0.15) is 48.3 Å². The first-order chi connectivity index (χ1) is 11.5. The van der Waals surface area contributed by atoms with Crippen LogP contribution in [0.15, 0.2) is 10.2 Å². The molecule has 3 rings (SSSR count). The monoisotopic (exact) mass is 349 g/mol. The summed E-state index contributed by atoms with van der Waals surface area (Å²) in [6, 6.07) is 0.162. The number of amides is 1. The maximum Gasteiger partial charge on any atom is 0.337 e. The van der Waals surface area contributed by atoms with Crippen LogP contribution in [0.4, 0.5) is 0 Å². The van der Waals surface area contributed by atoms with Crippen molar-refractivity contribution in [3.63, 3.8) is 0 Å². The lowest BCUT2D eigenvalue weighted by Gasteiger charge is -2.23. The minimum absolute atomic E-state index is 0.0612.